The maximum atomic E-state index is 12.4. The van der Waals surface area contributed by atoms with Crippen LogP contribution in [0.5, 0.6) is 0 Å². The molecule has 2 aromatic rings. The summed E-state index contributed by atoms with van der Waals surface area (Å²) in [7, 11) is -0.372. The minimum Gasteiger partial charge on any atom is -0.381 e. The lowest BCUT2D eigenvalue weighted by Gasteiger charge is -2.16. The molecule has 1 aromatic heterocycles. The van der Waals surface area contributed by atoms with Crippen LogP contribution in [0.15, 0.2) is 41.4 Å². The van der Waals surface area contributed by atoms with Crippen molar-refractivity contribution in [3.63, 3.8) is 0 Å². The molecule has 0 amide bonds. The number of rotatable bonds is 6. The number of aromatic nitrogens is 2. The van der Waals surface area contributed by atoms with Gasteiger partial charge in [-0.15, -0.1) is 0 Å². The van der Waals surface area contributed by atoms with E-state index in [4.69, 9.17) is 5.73 Å². The lowest BCUT2D eigenvalue weighted by molar-refractivity contribution is 0.461. The summed E-state index contributed by atoms with van der Waals surface area (Å²) in [6.45, 7) is 0.436. The highest BCUT2D eigenvalue weighted by molar-refractivity contribution is 7.89. The van der Waals surface area contributed by atoms with E-state index >= 15 is 0 Å². The van der Waals surface area contributed by atoms with Crippen LogP contribution in [0.3, 0.4) is 0 Å². The van der Waals surface area contributed by atoms with Crippen LogP contribution in [0.25, 0.3) is 0 Å². The van der Waals surface area contributed by atoms with Crippen LogP contribution >= 0.6 is 0 Å². The predicted molar refractivity (Wildman–Crippen MR) is 82.2 cm³/mol. The maximum Gasteiger partial charge on any atom is 0.248 e. The largest absolute Gasteiger partial charge is 0.381 e. The maximum absolute atomic E-state index is 12.4. The molecule has 0 unspecified atom stereocenters. The Morgan fingerprint density at radius 3 is 2.52 bits per heavy atom. The molecule has 6 nitrogen and oxygen atoms in total. The Bertz CT molecular complexity index is 695. The summed E-state index contributed by atoms with van der Waals surface area (Å²) in [5, 5.41) is 3.88. The van der Waals surface area contributed by atoms with Gasteiger partial charge >= 0.3 is 0 Å². The first-order valence-corrected chi connectivity index (χ1v) is 8.14. The summed E-state index contributed by atoms with van der Waals surface area (Å²) in [4.78, 5) is 0.0622. The molecule has 114 valence electrons. The second kappa shape index (κ2) is 6.28. The van der Waals surface area contributed by atoms with Crippen LogP contribution in [0, 0.1) is 0 Å². The quantitative estimate of drug-likeness (QED) is 0.871. The smallest absolute Gasteiger partial charge is 0.248 e. The first-order valence-electron chi connectivity index (χ1n) is 6.70. The van der Waals surface area contributed by atoms with E-state index in [9.17, 15) is 8.42 Å². The monoisotopic (exact) mass is 308 g/mol. The third-order valence-corrected chi connectivity index (χ3v) is 5.17. The summed E-state index contributed by atoms with van der Waals surface area (Å²) in [6, 6.07) is 9.99. The molecule has 2 rings (SSSR count). The topological polar surface area (TPSA) is 81.2 Å². The van der Waals surface area contributed by atoms with Gasteiger partial charge in [-0.1, -0.05) is 30.3 Å². The Labute approximate surface area is 125 Å². The van der Waals surface area contributed by atoms with E-state index in [1.165, 1.54) is 20.7 Å². The average Bonchev–Trinajstić information content (AvgIpc) is 2.79. The molecule has 0 bridgehead atoms. The van der Waals surface area contributed by atoms with Gasteiger partial charge < -0.3 is 5.73 Å². The molecule has 0 saturated carbocycles. The molecule has 0 radical (unpaired) electrons. The molecule has 1 heterocycles. The lowest BCUT2D eigenvalue weighted by atomic mass is 10.1. The van der Waals surface area contributed by atoms with Crippen LogP contribution in [-0.2, 0) is 23.5 Å². The molecule has 7 heteroatoms. The average molecular weight is 308 g/mol. The summed E-state index contributed by atoms with van der Waals surface area (Å²) in [6.07, 6.45) is 3.02. The van der Waals surface area contributed by atoms with Gasteiger partial charge in [-0.05, 0) is 18.4 Å². The summed E-state index contributed by atoms with van der Waals surface area (Å²) in [5.41, 5.74) is 6.85. The predicted octanol–water partition coefficient (Wildman–Crippen LogP) is 1.26. The molecule has 0 aliphatic carbocycles. The van der Waals surface area contributed by atoms with Crippen LogP contribution < -0.4 is 5.73 Å². The van der Waals surface area contributed by atoms with Crippen molar-refractivity contribution in [2.45, 2.75) is 17.7 Å². The zero-order valence-electron chi connectivity index (χ0n) is 12.2. The van der Waals surface area contributed by atoms with Crippen molar-refractivity contribution in [2.75, 3.05) is 19.3 Å². The molecule has 0 atom stereocenters. The fraction of sp³-hybridized carbons (Fsp3) is 0.357. The van der Waals surface area contributed by atoms with Gasteiger partial charge in [0.2, 0.25) is 10.0 Å². The third kappa shape index (κ3) is 3.62. The number of aryl methyl sites for hydroxylation is 2. The Morgan fingerprint density at radius 2 is 1.95 bits per heavy atom. The highest BCUT2D eigenvalue weighted by Crippen LogP contribution is 2.20. The van der Waals surface area contributed by atoms with E-state index in [1.54, 1.807) is 14.1 Å². The fourth-order valence-electron chi connectivity index (χ4n) is 2.12. The van der Waals surface area contributed by atoms with Crippen molar-refractivity contribution in [3.05, 3.63) is 42.1 Å². The lowest BCUT2D eigenvalue weighted by Crippen LogP contribution is -2.28. The Kier molecular flexibility index (Phi) is 4.64. The van der Waals surface area contributed by atoms with E-state index in [0.717, 1.165) is 12.8 Å². The number of anilines is 1. The summed E-state index contributed by atoms with van der Waals surface area (Å²) in [5.74, 6) is 0.0346. The Balaban J connectivity index is 1.99. The molecule has 1 aromatic carbocycles. The van der Waals surface area contributed by atoms with Crippen molar-refractivity contribution < 1.29 is 8.42 Å². The summed E-state index contributed by atoms with van der Waals surface area (Å²) >= 11 is 0. The minimum atomic E-state index is -3.58. The van der Waals surface area contributed by atoms with Crippen molar-refractivity contribution in [3.8, 4) is 0 Å². The SMILES string of the molecule is CN(CCCc1ccccc1)S(=O)(=O)c1cn(C)nc1N. The molecular weight excluding hydrogens is 288 g/mol. The van der Waals surface area contributed by atoms with Crippen molar-refractivity contribution in [1.82, 2.24) is 14.1 Å². The number of benzene rings is 1. The van der Waals surface area contributed by atoms with Gasteiger partial charge in [-0.2, -0.15) is 5.10 Å². The van der Waals surface area contributed by atoms with Crippen molar-refractivity contribution in [1.29, 1.82) is 0 Å². The van der Waals surface area contributed by atoms with Gasteiger partial charge in [-0.3, -0.25) is 4.68 Å². The molecule has 0 spiro atoms. The highest BCUT2D eigenvalue weighted by atomic mass is 32.2. The van der Waals surface area contributed by atoms with Gasteiger partial charge in [-0.25, -0.2) is 12.7 Å². The first-order chi connectivity index (χ1) is 9.91. The van der Waals surface area contributed by atoms with Crippen molar-refractivity contribution in [2.24, 2.45) is 7.05 Å². The molecule has 0 saturated heterocycles. The van der Waals surface area contributed by atoms with Crippen LogP contribution in [-0.4, -0.2) is 36.1 Å². The normalized spacial score (nSPS) is 12.0. The molecule has 0 fully saturated rings. The molecule has 0 aliphatic heterocycles. The first kappa shape index (κ1) is 15.5. The number of nitrogens with zero attached hydrogens (tertiary/aromatic N) is 3. The zero-order chi connectivity index (χ0) is 15.5. The van der Waals surface area contributed by atoms with Gasteiger partial charge in [0.15, 0.2) is 5.82 Å². The molecule has 21 heavy (non-hydrogen) atoms. The fourth-order valence-corrected chi connectivity index (χ4v) is 3.42. The van der Waals surface area contributed by atoms with E-state index in [1.807, 2.05) is 30.3 Å². The number of hydrogen-bond donors (Lipinski definition) is 1. The molecular formula is C14H20N4O2S. The number of sulfonamides is 1. The van der Waals surface area contributed by atoms with Gasteiger partial charge in [0.25, 0.3) is 0 Å². The van der Waals surface area contributed by atoms with Gasteiger partial charge in [0.05, 0.1) is 0 Å². The molecule has 0 aliphatic rings. The molecule has 2 N–H and O–H groups in total. The van der Waals surface area contributed by atoms with E-state index < -0.39 is 10.0 Å². The van der Waals surface area contributed by atoms with Crippen molar-refractivity contribution >= 4 is 15.8 Å². The van der Waals surface area contributed by atoms with Crippen LogP contribution in [0.1, 0.15) is 12.0 Å². The van der Waals surface area contributed by atoms with E-state index in [-0.39, 0.29) is 10.7 Å². The Hall–Kier alpha value is -1.86. The Morgan fingerprint density at radius 1 is 1.29 bits per heavy atom. The standard InChI is InChI=1S/C14H20N4O2S/c1-17-11-13(14(15)16-17)21(19,20)18(2)10-6-9-12-7-4-3-5-8-12/h3-5,7-8,11H,6,9-10H2,1-2H3,(H2,15,16). The third-order valence-electron chi connectivity index (χ3n) is 3.29. The highest BCUT2D eigenvalue weighted by Gasteiger charge is 2.25. The zero-order valence-corrected chi connectivity index (χ0v) is 13.0. The van der Waals surface area contributed by atoms with Crippen LogP contribution in [0.4, 0.5) is 5.82 Å². The second-order valence-corrected chi connectivity index (χ2v) is 6.98. The second-order valence-electron chi connectivity index (χ2n) is 4.97. The van der Waals surface area contributed by atoms with E-state index in [2.05, 4.69) is 5.10 Å². The summed E-state index contributed by atoms with van der Waals surface area (Å²) < 4.78 is 27.5. The van der Waals surface area contributed by atoms with Gasteiger partial charge in [0.1, 0.15) is 4.90 Å². The van der Waals surface area contributed by atoms with Crippen LogP contribution in [0.2, 0.25) is 0 Å². The number of hydrogen-bond acceptors (Lipinski definition) is 4. The van der Waals surface area contributed by atoms with Gasteiger partial charge in [0, 0.05) is 26.8 Å². The van der Waals surface area contributed by atoms with E-state index in [0.29, 0.717) is 6.54 Å². The number of nitrogens with two attached hydrogens (primary N) is 1. The number of nitrogen functional groups attached to an aromatic ring is 1. The minimum absolute atomic E-state index is 0.0346.